The van der Waals surface area contributed by atoms with Gasteiger partial charge in [-0.15, -0.1) is 0 Å². The predicted molar refractivity (Wildman–Crippen MR) is 104 cm³/mol. The summed E-state index contributed by atoms with van der Waals surface area (Å²) in [5.41, 5.74) is 4.06. The minimum absolute atomic E-state index is 0.00762. The molecule has 0 aliphatic heterocycles. The summed E-state index contributed by atoms with van der Waals surface area (Å²) in [6.07, 6.45) is 3.24. The first-order chi connectivity index (χ1) is 13.0. The number of hydrazone groups is 1. The second-order valence-corrected chi connectivity index (χ2v) is 6.24. The van der Waals surface area contributed by atoms with Crippen molar-refractivity contribution in [3.05, 3.63) is 92.2 Å². The molecule has 1 amide bonds. The van der Waals surface area contributed by atoms with E-state index in [0.29, 0.717) is 10.7 Å². The van der Waals surface area contributed by atoms with Crippen molar-refractivity contribution < 1.29 is 9.72 Å². The topological polar surface area (TPSA) is 89.5 Å². The van der Waals surface area contributed by atoms with Crippen LogP contribution in [0.3, 0.4) is 0 Å². The number of hydrogen-bond acceptors (Lipinski definition) is 4. The SMILES string of the molecule is O=C(N/N=C/c1cccn1-c1ccc([N+](=O)[O-])cc1)c1ccc(Cl)cc1Cl. The van der Waals surface area contributed by atoms with Gasteiger partial charge in [0.25, 0.3) is 11.6 Å². The molecule has 0 bridgehead atoms. The van der Waals surface area contributed by atoms with Gasteiger partial charge in [-0.3, -0.25) is 14.9 Å². The van der Waals surface area contributed by atoms with Crippen molar-refractivity contribution in [1.29, 1.82) is 0 Å². The number of nitrogens with one attached hydrogen (secondary N) is 1. The van der Waals surface area contributed by atoms with E-state index in [4.69, 9.17) is 23.2 Å². The lowest BCUT2D eigenvalue weighted by Crippen LogP contribution is -2.18. The van der Waals surface area contributed by atoms with Crippen molar-refractivity contribution in [3.63, 3.8) is 0 Å². The molecule has 136 valence electrons. The molecule has 1 N–H and O–H groups in total. The van der Waals surface area contributed by atoms with E-state index in [1.165, 1.54) is 30.5 Å². The number of carbonyl (C=O) groups is 1. The molecule has 3 aromatic rings. The number of nitro benzene ring substituents is 1. The lowest BCUT2D eigenvalue weighted by molar-refractivity contribution is -0.384. The van der Waals surface area contributed by atoms with Crippen LogP contribution in [-0.4, -0.2) is 21.6 Å². The fourth-order valence-electron chi connectivity index (χ4n) is 2.36. The number of amides is 1. The molecule has 3 rings (SSSR count). The molecule has 1 heterocycles. The Bertz CT molecular complexity index is 1030. The summed E-state index contributed by atoms with van der Waals surface area (Å²) in [6, 6.07) is 14.2. The lowest BCUT2D eigenvalue weighted by atomic mass is 10.2. The van der Waals surface area contributed by atoms with Crippen LogP contribution in [0.1, 0.15) is 16.1 Å². The Balaban J connectivity index is 1.74. The fourth-order valence-corrected chi connectivity index (χ4v) is 2.85. The number of aromatic nitrogens is 1. The largest absolute Gasteiger partial charge is 0.316 e. The van der Waals surface area contributed by atoms with E-state index in [0.717, 1.165) is 5.69 Å². The van der Waals surface area contributed by atoms with Crippen LogP contribution in [0.25, 0.3) is 5.69 Å². The molecule has 2 aromatic carbocycles. The summed E-state index contributed by atoms with van der Waals surface area (Å²) < 4.78 is 1.77. The van der Waals surface area contributed by atoms with E-state index in [9.17, 15) is 14.9 Å². The summed E-state index contributed by atoms with van der Waals surface area (Å²) in [5, 5.41) is 15.3. The summed E-state index contributed by atoms with van der Waals surface area (Å²) in [4.78, 5) is 22.4. The van der Waals surface area contributed by atoms with Gasteiger partial charge in [-0.1, -0.05) is 23.2 Å². The molecular formula is C18H12Cl2N4O3. The Morgan fingerprint density at radius 3 is 2.56 bits per heavy atom. The van der Waals surface area contributed by atoms with Crippen LogP contribution in [0.2, 0.25) is 10.0 Å². The van der Waals surface area contributed by atoms with Crippen molar-refractivity contribution >= 4 is 41.0 Å². The second kappa shape index (κ2) is 8.03. The second-order valence-electron chi connectivity index (χ2n) is 5.40. The zero-order valence-electron chi connectivity index (χ0n) is 13.7. The molecule has 0 spiro atoms. The predicted octanol–water partition coefficient (Wildman–Crippen LogP) is 4.46. The number of nitrogens with zero attached hydrogens (tertiary/aromatic N) is 3. The molecular weight excluding hydrogens is 391 g/mol. The zero-order chi connectivity index (χ0) is 19.4. The number of carbonyl (C=O) groups excluding carboxylic acids is 1. The molecule has 0 unspecified atom stereocenters. The van der Waals surface area contributed by atoms with Crippen molar-refractivity contribution in [2.75, 3.05) is 0 Å². The maximum atomic E-state index is 12.1. The molecule has 0 radical (unpaired) electrons. The Labute approximate surface area is 164 Å². The first-order valence-electron chi connectivity index (χ1n) is 7.66. The Morgan fingerprint density at radius 2 is 1.89 bits per heavy atom. The van der Waals surface area contributed by atoms with Crippen LogP contribution in [0, 0.1) is 10.1 Å². The van der Waals surface area contributed by atoms with Gasteiger partial charge in [0.05, 0.1) is 27.4 Å². The van der Waals surface area contributed by atoms with E-state index in [1.54, 1.807) is 41.1 Å². The minimum Gasteiger partial charge on any atom is -0.316 e. The fraction of sp³-hybridized carbons (Fsp3) is 0. The maximum Gasteiger partial charge on any atom is 0.272 e. The van der Waals surface area contributed by atoms with E-state index >= 15 is 0 Å². The third kappa shape index (κ3) is 4.33. The standard InChI is InChI=1S/C18H12Cl2N4O3/c19-12-3-8-16(17(20)10-12)18(25)22-21-11-15-2-1-9-23(15)13-4-6-14(7-5-13)24(26)27/h1-11H,(H,22,25)/b21-11+. The monoisotopic (exact) mass is 402 g/mol. The van der Waals surface area contributed by atoms with Gasteiger partial charge >= 0.3 is 0 Å². The molecule has 27 heavy (non-hydrogen) atoms. The van der Waals surface area contributed by atoms with Gasteiger partial charge in [-0.2, -0.15) is 5.10 Å². The average molecular weight is 403 g/mol. The van der Waals surface area contributed by atoms with Gasteiger partial charge in [-0.25, -0.2) is 5.43 Å². The highest BCUT2D eigenvalue weighted by atomic mass is 35.5. The minimum atomic E-state index is -0.471. The maximum absolute atomic E-state index is 12.1. The van der Waals surface area contributed by atoms with Crippen molar-refractivity contribution in [2.45, 2.75) is 0 Å². The van der Waals surface area contributed by atoms with Crippen LogP contribution in [0.5, 0.6) is 0 Å². The quantitative estimate of drug-likeness (QED) is 0.388. The molecule has 0 atom stereocenters. The molecule has 1 aromatic heterocycles. The number of nitro groups is 1. The average Bonchev–Trinajstić information content (AvgIpc) is 3.10. The van der Waals surface area contributed by atoms with Gasteiger partial charge in [-0.05, 0) is 42.5 Å². The van der Waals surface area contributed by atoms with Gasteiger partial charge in [0.15, 0.2) is 0 Å². The van der Waals surface area contributed by atoms with E-state index in [-0.39, 0.29) is 16.3 Å². The zero-order valence-corrected chi connectivity index (χ0v) is 15.2. The molecule has 0 aliphatic carbocycles. The van der Waals surface area contributed by atoms with E-state index in [2.05, 4.69) is 10.5 Å². The Morgan fingerprint density at radius 1 is 1.15 bits per heavy atom. The van der Waals surface area contributed by atoms with Gasteiger partial charge < -0.3 is 4.57 Å². The molecule has 9 heteroatoms. The smallest absolute Gasteiger partial charge is 0.272 e. The number of non-ortho nitro benzene ring substituents is 1. The van der Waals surface area contributed by atoms with Crippen LogP contribution >= 0.6 is 23.2 Å². The van der Waals surface area contributed by atoms with Crippen molar-refractivity contribution in [1.82, 2.24) is 9.99 Å². The molecule has 7 nitrogen and oxygen atoms in total. The molecule has 0 aliphatic rings. The summed E-state index contributed by atoms with van der Waals surface area (Å²) in [6.45, 7) is 0. The Hall–Kier alpha value is -3.16. The summed E-state index contributed by atoms with van der Waals surface area (Å²) in [7, 11) is 0. The molecule has 0 saturated carbocycles. The van der Waals surface area contributed by atoms with E-state index < -0.39 is 10.8 Å². The first kappa shape index (κ1) is 18.6. The van der Waals surface area contributed by atoms with Crippen LogP contribution < -0.4 is 5.43 Å². The Kier molecular flexibility index (Phi) is 5.54. The van der Waals surface area contributed by atoms with Gasteiger partial charge in [0.1, 0.15) is 0 Å². The highest BCUT2D eigenvalue weighted by Gasteiger charge is 2.10. The van der Waals surface area contributed by atoms with E-state index in [1.807, 2.05) is 0 Å². The number of halogens is 2. The molecule has 0 fully saturated rings. The number of benzene rings is 2. The summed E-state index contributed by atoms with van der Waals surface area (Å²) in [5.74, 6) is -0.471. The first-order valence-corrected chi connectivity index (χ1v) is 8.42. The number of rotatable bonds is 5. The van der Waals surface area contributed by atoms with Crippen molar-refractivity contribution in [3.8, 4) is 5.69 Å². The van der Waals surface area contributed by atoms with Crippen molar-refractivity contribution in [2.24, 2.45) is 5.10 Å². The highest BCUT2D eigenvalue weighted by molar-refractivity contribution is 6.36. The molecule has 0 saturated heterocycles. The highest BCUT2D eigenvalue weighted by Crippen LogP contribution is 2.21. The number of hydrogen-bond donors (Lipinski definition) is 1. The van der Waals surface area contributed by atoms with Crippen LogP contribution in [0.15, 0.2) is 65.9 Å². The summed E-state index contributed by atoms with van der Waals surface area (Å²) >= 11 is 11.8. The van der Waals surface area contributed by atoms with Gasteiger partial charge in [0, 0.05) is 29.0 Å². The van der Waals surface area contributed by atoms with Gasteiger partial charge in [0.2, 0.25) is 0 Å². The normalized spacial score (nSPS) is 10.9. The van der Waals surface area contributed by atoms with Crippen LogP contribution in [0.4, 0.5) is 5.69 Å². The third-order valence-corrected chi connectivity index (χ3v) is 4.21. The third-order valence-electron chi connectivity index (χ3n) is 3.66. The van der Waals surface area contributed by atoms with Crippen LogP contribution in [-0.2, 0) is 0 Å². The lowest BCUT2D eigenvalue weighted by Gasteiger charge is -2.06.